The van der Waals surface area contributed by atoms with Gasteiger partial charge in [0, 0.05) is 11.4 Å². The molecule has 1 rings (SSSR count). The van der Waals surface area contributed by atoms with Crippen molar-refractivity contribution < 1.29 is 0 Å². The molecule has 56 valence electrons. The lowest BCUT2D eigenvalue weighted by Gasteiger charge is -1.89. The van der Waals surface area contributed by atoms with Gasteiger partial charge in [0.15, 0.2) is 0 Å². The van der Waals surface area contributed by atoms with E-state index >= 15 is 0 Å². The molecule has 0 aliphatic rings. The highest BCUT2D eigenvalue weighted by molar-refractivity contribution is 5.23. The number of aromatic amines is 1. The van der Waals surface area contributed by atoms with E-state index < -0.39 is 0 Å². The van der Waals surface area contributed by atoms with Crippen molar-refractivity contribution >= 4 is 0 Å². The van der Waals surface area contributed by atoms with Crippen molar-refractivity contribution in [2.75, 3.05) is 0 Å². The van der Waals surface area contributed by atoms with Gasteiger partial charge >= 0.3 is 0 Å². The van der Waals surface area contributed by atoms with Gasteiger partial charge in [-0.15, -0.1) is 0 Å². The first kappa shape index (κ1) is 7.39. The summed E-state index contributed by atoms with van der Waals surface area (Å²) in [7, 11) is 0. The maximum atomic E-state index is 3.35. The molecule has 0 fully saturated rings. The molecule has 1 N–H and O–H groups in total. The Morgan fingerprint density at radius 3 is 2.50 bits per heavy atom. The molecule has 0 saturated carbocycles. The maximum Gasteiger partial charge on any atom is 0.0151 e. The molecule has 1 aromatic heterocycles. The van der Waals surface area contributed by atoms with Gasteiger partial charge in [-0.2, -0.15) is 0 Å². The first-order valence-corrected chi connectivity index (χ1v) is 3.89. The van der Waals surface area contributed by atoms with Crippen molar-refractivity contribution in [1.29, 1.82) is 0 Å². The van der Waals surface area contributed by atoms with E-state index in [-0.39, 0.29) is 0 Å². The Hall–Kier alpha value is -0.720. The standard InChI is InChI=1S/C9H15N/c1-4-5-9-6-7(2)8(3)10-9/h6,10H,4-5H2,1-3H3. The Labute approximate surface area is 62.5 Å². The largest absolute Gasteiger partial charge is 0.362 e. The van der Waals surface area contributed by atoms with Crippen LogP contribution in [0, 0.1) is 13.8 Å². The summed E-state index contributed by atoms with van der Waals surface area (Å²) in [6.45, 7) is 6.46. The quantitative estimate of drug-likeness (QED) is 0.645. The molecule has 1 heteroatoms. The lowest BCUT2D eigenvalue weighted by molar-refractivity contribution is 0.888. The molecule has 1 aromatic rings. The van der Waals surface area contributed by atoms with Gasteiger partial charge in [0.2, 0.25) is 0 Å². The summed E-state index contributed by atoms with van der Waals surface area (Å²) >= 11 is 0. The fourth-order valence-electron chi connectivity index (χ4n) is 1.15. The molecule has 0 aliphatic carbocycles. The summed E-state index contributed by atoms with van der Waals surface area (Å²) in [5, 5.41) is 0. The fourth-order valence-corrected chi connectivity index (χ4v) is 1.15. The topological polar surface area (TPSA) is 15.8 Å². The summed E-state index contributed by atoms with van der Waals surface area (Å²) < 4.78 is 0. The van der Waals surface area contributed by atoms with Crippen LogP contribution in [0.1, 0.15) is 30.3 Å². The Morgan fingerprint density at radius 2 is 2.10 bits per heavy atom. The molecule has 0 amide bonds. The van der Waals surface area contributed by atoms with Crippen molar-refractivity contribution in [3.63, 3.8) is 0 Å². The molecule has 10 heavy (non-hydrogen) atoms. The van der Waals surface area contributed by atoms with E-state index in [0.29, 0.717) is 0 Å². The average molecular weight is 137 g/mol. The molecule has 0 aromatic carbocycles. The second kappa shape index (κ2) is 2.91. The second-order valence-corrected chi connectivity index (χ2v) is 2.85. The van der Waals surface area contributed by atoms with Crippen LogP contribution in [0.5, 0.6) is 0 Å². The van der Waals surface area contributed by atoms with Crippen LogP contribution in [-0.2, 0) is 6.42 Å². The number of nitrogens with one attached hydrogen (secondary N) is 1. The number of aromatic nitrogens is 1. The summed E-state index contributed by atoms with van der Waals surface area (Å²) in [5.74, 6) is 0. The molecule has 0 atom stereocenters. The zero-order chi connectivity index (χ0) is 7.56. The number of rotatable bonds is 2. The predicted molar refractivity (Wildman–Crippen MR) is 44.3 cm³/mol. The van der Waals surface area contributed by atoms with Crippen LogP contribution >= 0.6 is 0 Å². The van der Waals surface area contributed by atoms with E-state index in [0.717, 1.165) is 0 Å². The molecule has 0 unspecified atom stereocenters. The highest BCUT2D eigenvalue weighted by Crippen LogP contribution is 2.09. The third kappa shape index (κ3) is 1.41. The van der Waals surface area contributed by atoms with Crippen LogP contribution in [0.4, 0.5) is 0 Å². The average Bonchev–Trinajstić information content (AvgIpc) is 2.14. The Balaban J connectivity index is 2.77. The lowest BCUT2D eigenvalue weighted by atomic mass is 10.2. The van der Waals surface area contributed by atoms with Gasteiger partial charge in [0.05, 0.1) is 0 Å². The molecule has 0 spiro atoms. The molecular weight excluding hydrogens is 122 g/mol. The Morgan fingerprint density at radius 1 is 1.40 bits per heavy atom. The van der Waals surface area contributed by atoms with E-state index in [1.165, 1.54) is 29.8 Å². The maximum absolute atomic E-state index is 3.35. The number of H-pyrrole nitrogens is 1. The molecule has 1 nitrogen and oxygen atoms in total. The monoisotopic (exact) mass is 137 g/mol. The summed E-state index contributed by atoms with van der Waals surface area (Å²) in [6, 6.07) is 2.23. The minimum atomic E-state index is 1.18. The zero-order valence-corrected chi connectivity index (χ0v) is 6.99. The third-order valence-corrected chi connectivity index (χ3v) is 1.85. The van der Waals surface area contributed by atoms with E-state index in [1.54, 1.807) is 0 Å². The van der Waals surface area contributed by atoms with Crippen LogP contribution < -0.4 is 0 Å². The minimum absolute atomic E-state index is 1.18. The minimum Gasteiger partial charge on any atom is -0.362 e. The molecule has 0 bridgehead atoms. The smallest absolute Gasteiger partial charge is 0.0151 e. The van der Waals surface area contributed by atoms with E-state index in [2.05, 4.69) is 31.8 Å². The van der Waals surface area contributed by atoms with Crippen molar-refractivity contribution in [3.8, 4) is 0 Å². The van der Waals surface area contributed by atoms with Crippen molar-refractivity contribution in [3.05, 3.63) is 23.0 Å². The highest BCUT2D eigenvalue weighted by Gasteiger charge is 1.97. The number of hydrogen-bond acceptors (Lipinski definition) is 0. The summed E-state index contributed by atoms with van der Waals surface area (Å²) in [6.07, 6.45) is 2.40. The second-order valence-electron chi connectivity index (χ2n) is 2.85. The number of hydrogen-bond donors (Lipinski definition) is 1. The molecule has 0 saturated heterocycles. The van der Waals surface area contributed by atoms with Gasteiger partial charge in [0.25, 0.3) is 0 Å². The van der Waals surface area contributed by atoms with Crippen LogP contribution in [0.15, 0.2) is 6.07 Å². The van der Waals surface area contributed by atoms with Gasteiger partial charge in [-0.05, 0) is 31.9 Å². The van der Waals surface area contributed by atoms with Crippen molar-refractivity contribution in [2.45, 2.75) is 33.6 Å². The summed E-state index contributed by atoms with van der Waals surface area (Å²) in [4.78, 5) is 3.35. The van der Waals surface area contributed by atoms with Crippen LogP contribution in [0.25, 0.3) is 0 Å². The van der Waals surface area contributed by atoms with Crippen LogP contribution in [0.3, 0.4) is 0 Å². The van der Waals surface area contributed by atoms with Crippen molar-refractivity contribution in [2.24, 2.45) is 0 Å². The van der Waals surface area contributed by atoms with Gasteiger partial charge in [-0.1, -0.05) is 13.3 Å². The normalized spacial score (nSPS) is 10.3. The molecule has 0 aliphatic heterocycles. The lowest BCUT2D eigenvalue weighted by Crippen LogP contribution is -1.81. The van der Waals surface area contributed by atoms with Gasteiger partial charge in [0.1, 0.15) is 0 Å². The number of aryl methyl sites for hydroxylation is 3. The van der Waals surface area contributed by atoms with E-state index in [1.807, 2.05) is 0 Å². The predicted octanol–water partition coefficient (Wildman–Crippen LogP) is 2.58. The Kier molecular flexibility index (Phi) is 2.15. The van der Waals surface area contributed by atoms with Gasteiger partial charge in [-0.3, -0.25) is 0 Å². The first-order valence-electron chi connectivity index (χ1n) is 3.89. The molecule has 0 radical (unpaired) electrons. The fraction of sp³-hybridized carbons (Fsp3) is 0.556. The van der Waals surface area contributed by atoms with Gasteiger partial charge in [-0.25, -0.2) is 0 Å². The Bertz CT molecular complexity index is 191. The summed E-state index contributed by atoms with van der Waals surface area (Å²) in [5.41, 5.74) is 4.06. The molecular formula is C9H15N. The highest BCUT2D eigenvalue weighted by atomic mass is 14.7. The first-order chi connectivity index (χ1) is 4.74. The molecule has 1 heterocycles. The zero-order valence-electron chi connectivity index (χ0n) is 6.99. The van der Waals surface area contributed by atoms with Crippen LogP contribution in [0.2, 0.25) is 0 Å². The SMILES string of the molecule is CCCc1cc(C)c(C)[nH]1. The van der Waals surface area contributed by atoms with E-state index in [4.69, 9.17) is 0 Å². The van der Waals surface area contributed by atoms with E-state index in [9.17, 15) is 0 Å². The van der Waals surface area contributed by atoms with Crippen molar-refractivity contribution in [1.82, 2.24) is 4.98 Å². The van der Waals surface area contributed by atoms with Gasteiger partial charge < -0.3 is 4.98 Å². The third-order valence-electron chi connectivity index (χ3n) is 1.85. The van der Waals surface area contributed by atoms with Crippen LogP contribution in [-0.4, -0.2) is 4.98 Å².